The largest absolute Gasteiger partial charge is 0.341 e. The summed E-state index contributed by atoms with van der Waals surface area (Å²) in [5, 5.41) is 8.08. The highest BCUT2D eigenvalue weighted by molar-refractivity contribution is 5.81. The minimum Gasteiger partial charge on any atom is -0.341 e. The van der Waals surface area contributed by atoms with Crippen molar-refractivity contribution in [3.8, 4) is 0 Å². The van der Waals surface area contributed by atoms with Crippen LogP contribution in [0.2, 0.25) is 0 Å². The minimum atomic E-state index is -0.434. The number of rotatable bonds is 4. The second-order valence-corrected chi connectivity index (χ2v) is 6.40. The lowest BCUT2D eigenvalue weighted by molar-refractivity contribution is -0.135. The zero-order valence-corrected chi connectivity index (χ0v) is 12.5. The molecule has 1 aliphatic carbocycles. The highest BCUT2D eigenvalue weighted by Gasteiger charge is 2.34. The van der Waals surface area contributed by atoms with Gasteiger partial charge in [-0.25, -0.2) is 0 Å². The molecule has 2 fully saturated rings. The summed E-state index contributed by atoms with van der Waals surface area (Å²) < 4.78 is 0. The summed E-state index contributed by atoms with van der Waals surface area (Å²) in [6.07, 6.45) is 10.3. The predicted molar refractivity (Wildman–Crippen MR) is 79.3 cm³/mol. The first-order valence-corrected chi connectivity index (χ1v) is 8.12. The van der Waals surface area contributed by atoms with E-state index in [9.17, 15) is 4.79 Å². The summed E-state index contributed by atoms with van der Waals surface area (Å²) >= 11 is 0. The molecule has 2 aliphatic rings. The third kappa shape index (κ3) is 3.43. The predicted octanol–water partition coefficient (Wildman–Crippen LogP) is 1.03. The number of nitrogens with zero attached hydrogens (tertiary/aromatic N) is 4. The van der Waals surface area contributed by atoms with Crippen LogP contribution in [0.5, 0.6) is 0 Å². The normalized spacial score (nSPS) is 27.2. The number of carbonyl (C=O) groups excluding carboxylic acids is 1. The van der Waals surface area contributed by atoms with Crippen LogP contribution in [0, 0.1) is 11.8 Å². The molecule has 1 saturated carbocycles. The molecule has 6 heteroatoms. The van der Waals surface area contributed by atoms with Crippen LogP contribution in [0.25, 0.3) is 0 Å². The van der Waals surface area contributed by atoms with Crippen LogP contribution in [0.4, 0.5) is 0 Å². The Labute approximate surface area is 125 Å². The van der Waals surface area contributed by atoms with Crippen molar-refractivity contribution in [1.29, 1.82) is 0 Å². The fraction of sp³-hybridized carbons (Fsp3) is 0.800. The summed E-state index contributed by atoms with van der Waals surface area (Å²) in [7, 11) is 0. The Hall–Kier alpha value is -1.43. The molecule has 1 aromatic heterocycles. The molecule has 1 aromatic rings. The van der Waals surface area contributed by atoms with Crippen LogP contribution in [0.15, 0.2) is 12.4 Å². The lowest BCUT2D eigenvalue weighted by Gasteiger charge is -2.42. The van der Waals surface area contributed by atoms with Crippen LogP contribution in [-0.2, 0) is 11.3 Å². The SMILES string of the molecule is NC(CCn1nccn1)C(=O)N1CC[C@@H]2CCCC[C@@H]2C1. The van der Waals surface area contributed by atoms with Crippen LogP contribution < -0.4 is 5.73 Å². The van der Waals surface area contributed by atoms with Gasteiger partial charge in [-0.3, -0.25) is 4.79 Å². The first-order valence-electron chi connectivity index (χ1n) is 8.12. The monoisotopic (exact) mass is 291 g/mol. The number of aromatic nitrogens is 3. The number of piperidine rings is 1. The molecule has 0 radical (unpaired) electrons. The zero-order chi connectivity index (χ0) is 14.7. The molecule has 0 bridgehead atoms. The highest BCUT2D eigenvalue weighted by atomic mass is 16.2. The van der Waals surface area contributed by atoms with Gasteiger partial charge >= 0.3 is 0 Å². The second kappa shape index (κ2) is 6.56. The maximum absolute atomic E-state index is 12.5. The number of hydrogen-bond acceptors (Lipinski definition) is 4. The van der Waals surface area contributed by atoms with Gasteiger partial charge in [0.05, 0.1) is 25.0 Å². The van der Waals surface area contributed by atoms with Gasteiger partial charge in [0.25, 0.3) is 0 Å². The molecule has 0 aromatic carbocycles. The van der Waals surface area contributed by atoms with Crippen molar-refractivity contribution in [2.45, 2.75) is 51.1 Å². The van der Waals surface area contributed by atoms with Crippen molar-refractivity contribution in [3.63, 3.8) is 0 Å². The van der Waals surface area contributed by atoms with E-state index >= 15 is 0 Å². The standard InChI is InChI=1S/C15H25N5O/c16-14(6-10-20-17-7-8-18-20)15(21)19-9-5-12-3-1-2-4-13(12)11-19/h7-8,12-14H,1-6,9-11,16H2/t12-,13+,14?/m0/s1. The van der Waals surface area contributed by atoms with E-state index in [-0.39, 0.29) is 5.91 Å². The average molecular weight is 291 g/mol. The Morgan fingerprint density at radius 2 is 1.90 bits per heavy atom. The van der Waals surface area contributed by atoms with Crippen LogP contribution in [0.3, 0.4) is 0 Å². The quantitative estimate of drug-likeness (QED) is 0.899. The van der Waals surface area contributed by atoms with Gasteiger partial charge in [-0.05, 0) is 31.1 Å². The molecule has 3 atom stereocenters. The summed E-state index contributed by atoms with van der Waals surface area (Å²) in [4.78, 5) is 16.1. The number of nitrogens with two attached hydrogens (primary N) is 1. The van der Waals surface area contributed by atoms with Crippen molar-refractivity contribution in [2.75, 3.05) is 13.1 Å². The Bertz CT molecular complexity index is 461. The first kappa shape index (κ1) is 14.5. The molecular formula is C15H25N5O. The number of fused-ring (bicyclic) bond motifs is 1. The molecule has 1 amide bonds. The van der Waals surface area contributed by atoms with Crippen molar-refractivity contribution in [3.05, 3.63) is 12.4 Å². The fourth-order valence-corrected chi connectivity index (χ4v) is 3.77. The second-order valence-electron chi connectivity index (χ2n) is 6.40. The van der Waals surface area contributed by atoms with Gasteiger partial charge in [-0.1, -0.05) is 19.3 Å². The van der Waals surface area contributed by atoms with Gasteiger partial charge in [0, 0.05) is 13.1 Å². The van der Waals surface area contributed by atoms with Gasteiger partial charge in [0.2, 0.25) is 5.91 Å². The maximum Gasteiger partial charge on any atom is 0.239 e. The Morgan fingerprint density at radius 3 is 2.67 bits per heavy atom. The molecule has 0 spiro atoms. The number of amides is 1. The van der Waals surface area contributed by atoms with Crippen molar-refractivity contribution in [2.24, 2.45) is 17.6 Å². The molecule has 1 saturated heterocycles. The number of aryl methyl sites for hydroxylation is 1. The Morgan fingerprint density at radius 1 is 1.19 bits per heavy atom. The van der Waals surface area contributed by atoms with Crippen molar-refractivity contribution < 1.29 is 4.79 Å². The third-order valence-corrected chi connectivity index (χ3v) is 5.03. The smallest absolute Gasteiger partial charge is 0.239 e. The lowest BCUT2D eigenvalue weighted by Crippen LogP contribution is -2.50. The highest BCUT2D eigenvalue weighted by Crippen LogP contribution is 2.36. The summed E-state index contributed by atoms with van der Waals surface area (Å²) in [6, 6.07) is -0.434. The lowest BCUT2D eigenvalue weighted by atomic mass is 9.75. The van der Waals surface area contributed by atoms with Gasteiger partial charge in [0.1, 0.15) is 0 Å². The molecule has 6 nitrogen and oxygen atoms in total. The topological polar surface area (TPSA) is 77.0 Å². The van der Waals surface area contributed by atoms with Crippen molar-refractivity contribution >= 4 is 5.91 Å². The minimum absolute atomic E-state index is 0.103. The van der Waals surface area contributed by atoms with E-state index in [0.717, 1.165) is 25.4 Å². The van der Waals surface area contributed by atoms with E-state index in [0.29, 0.717) is 18.9 Å². The van der Waals surface area contributed by atoms with Crippen LogP contribution >= 0.6 is 0 Å². The Balaban J connectivity index is 1.50. The van der Waals surface area contributed by atoms with E-state index < -0.39 is 6.04 Å². The van der Waals surface area contributed by atoms with Crippen molar-refractivity contribution in [1.82, 2.24) is 19.9 Å². The summed E-state index contributed by atoms with van der Waals surface area (Å²) in [5.74, 6) is 1.65. The van der Waals surface area contributed by atoms with E-state index in [4.69, 9.17) is 5.73 Å². The van der Waals surface area contributed by atoms with Crippen LogP contribution in [-0.4, -0.2) is 44.9 Å². The van der Waals surface area contributed by atoms with Crippen LogP contribution in [0.1, 0.15) is 38.5 Å². The number of hydrogen-bond donors (Lipinski definition) is 1. The van der Waals surface area contributed by atoms with Gasteiger partial charge < -0.3 is 10.6 Å². The molecule has 2 heterocycles. The molecular weight excluding hydrogens is 266 g/mol. The number of likely N-dealkylation sites (tertiary alicyclic amines) is 1. The van der Waals surface area contributed by atoms with E-state index in [1.165, 1.54) is 25.7 Å². The summed E-state index contributed by atoms with van der Waals surface area (Å²) in [6.45, 7) is 2.39. The maximum atomic E-state index is 12.5. The molecule has 116 valence electrons. The average Bonchev–Trinajstić information content (AvgIpc) is 3.05. The zero-order valence-electron chi connectivity index (χ0n) is 12.5. The van der Waals surface area contributed by atoms with E-state index in [1.54, 1.807) is 17.2 Å². The third-order valence-electron chi connectivity index (χ3n) is 5.03. The molecule has 2 N–H and O–H groups in total. The molecule has 1 unspecified atom stereocenters. The van der Waals surface area contributed by atoms with Gasteiger partial charge in [-0.2, -0.15) is 15.0 Å². The van der Waals surface area contributed by atoms with Gasteiger partial charge in [-0.15, -0.1) is 0 Å². The fourth-order valence-electron chi connectivity index (χ4n) is 3.77. The first-order chi connectivity index (χ1) is 10.2. The molecule has 1 aliphatic heterocycles. The van der Waals surface area contributed by atoms with E-state index in [2.05, 4.69) is 10.2 Å². The van der Waals surface area contributed by atoms with E-state index in [1.807, 2.05) is 4.90 Å². The summed E-state index contributed by atoms with van der Waals surface area (Å²) in [5.41, 5.74) is 6.07. The molecule has 3 rings (SSSR count). The Kier molecular flexibility index (Phi) is 4.53. The number of carbonyl (C=O) groups is 1. The van der Waals surface area contributed by atoms with Gasteiger partial charge in [0.15, 0.2) is 0 Å². The molecule has 21 heavy (non-hydrogen) atoms.